The fourth-order valence-corrected chi connectivity index (χ4v) is 2.98. The van der Waals surface area contributed by atoms with Crippen LogP contribution >= 0.6 is 11.3 Å². The van der Waals surface area contributed by atoms with Crippen LogP contribution in [0.25, 0.3) is 11.5 Å². The van der Waals surface area contributed by atoms with Crippen LogP contribution in [0.4, 0.5) is 0 Å². The lowest BCUT2D eigenvalue weighted by Crippen LogP contribution is -2.34. The molecule has 3 aromatic heterocycles. The van der Waals surface area contributed by atoms with Gasteiger partial charge in [-0.15, -0.1) is 11.3 Å². The van der Waals surface area contributed by atoms with Crippen molar-refractivity contribution in [1.82, 2.24) is 24.8 Å². The van der Waals surface area contributed by atoms with Crippen LogP contribution in [-0.4, -0.2) is 37.8 Å². The maximum absolute atomic E-state index is 12.7. The number of pyridine rings is 1. The van der Waals surface area contributed by atoms with Crippen LogP contribution in [0.3, 0.4) is 0 Å². The van der Waals surface area contributed by atoms with Gasteiger partial charge in [0.25, 0.3) is 11.5 Å². The van der Waals surface area contributed by atoms with E-state index in [1.165, 1.54) is 22.4 Å². The van der Waals surface area contributed by atoms with Crippen molar-refractivity contribution in [1.29, 1.82) is 0 Å². The molecule has 25 heavy (non-hydrogen) atoms. The largest absolute Gasteiger partial charge is 0.335 e. The van der Waals surface area contributed by atoms with Gasteiger partial charge in [-0.3, -0.25) is 14.6 Å². The zero-order valence-electron chi connectivity index (χ0n) is 14.1. The van der Waals surface area contributed by atoms with Crippen molar-refractivity contribution in [3.05, 3.63) is 62.6 Å². The van der Waals surface area contributed by atoms with Gasteiger partial charge in [0, 0.05) is 31.0 Å². The molecule has 0 aliphatic heterocycles. The van der Waals surface area contributed by atoms with E-state index in [4.69, 9.17) is 0 Å². The first-order valence-corrected chi connectivity index (χ1v) is 8.54. The molecule has 0 fully saturated rings. The summed E-state index contributed by atoms with van der Waals surface area (Å²) in [6.07, 6.45) is 4.65. The quantitative estimate of drug-likeness (QED) is 0.776. The first-order chi connectivity index (χ1) is 12.0. The molecule has 3 aromatic rings. The van der Waals surface area contributed by atoms with Crippen LogP contribution in [0, 0.1) is 6.92 Å². The Morgan fingerprint density at radius 2 is 2.04 bits per heavy atom. The molecule has 128 valence electrons. The smallest absolute Gasteiger partial charge is 0.264 e. The SMILES string of the molecule is Cc1nc(-c2ncc(C(=O)N(C)[C@@H](C)c3ccncc3)c(=O)[nH]2)cs1. The van der Waals surface area contributed by atoms with Gasteiger partial charge in [-0.25, -0.2) is 9.97 Å². The highest BCUT2D eigenvalue weighted by Crippen LogP contribution is 2.20. The van der Waals surface area contributed by atoms with Gasteiger partial charge in [-0.2, -0.15) is 0 Å². The topological polar surface area (TPSA) is 91.8 Å². The summed E-state index contributed by atoms with van der Waals surface area (Å²) in [5.41, 5.74) is 1.05. The van der Waals surface area contributed by atoms with Crippen molar-refractivity contribution in [3.8, 4) is 11.5 Å². The summed E-state index contributed by atoms with van der Waals surface area (Å²) in [6.45, 7) is 3.76. The molecule has 0 bridgehead atoms. The van der Waals surface area contributed by atoms with Gasteiger partial charge >= 0.3 is 0 Å². The molecule has 0 saturated carbocycles. The molecule has 3 rings (SSSR count). The highest BCUT2D eigenvalue weighted by molar-refractivity contribution is 7.09. The lowest BCUT2D eigenvalue weighted by molar-refractivity contribution is 0.0740. The first kappa shape index (κ1) is 17.0. The summed E-state index contributed by atoms with van der Waals surface area (Å²) in [7, 11) is 1.66. The summed E-state index contributed by atoms with van der Waals surface area (Å²) in [5.74, 6) is -0.0326. The molecule has 0 radical (unpaired) electrons. The van der Waals surface area contributed by atoms with Gasteiger partial charge in [0.1, 0.15) is 11.3 Å². The Labute approximate surface area is 148 Å². The maximum atomic E-state index is 12.7. The third-order valence-corrected chi connectivity index (χ3v) is 4.75. The number of carbonyl (C=O) groups excluding carboxylic acids is 1. The maximum Gasteiger partial charge on any atom is 0.264 e. The second kappa shape index (κ2) is 6.94. The zero-order chi connectivity index (χ0) is 18.0. The van der Waals surface area contributed by atoms with Gasteiger partial charge in [-0.05, 0) is 31.5 Å². The van der Waals surface area contributed by atoms with E-state index in [1.807, 2.05) is 31.4 Å². The molecule has 1 atom stereocenters. The van der Waals surface area contributed by atoms with E-state index >= 15 is 0 Å². The molecular weight excluding hydrogens is 338 g/mol. The number of aromatic nitrogens is 4. The van der Waals surface area contributed by atoms with E-state index in [2.05, 4.69) is 19.9 Å². The van der Waals surface area contributed by atoms with Crippen molar-refractivity contribution in [2.24, 2.45) is 0 Å². The minimum absolute atomic E-state index is 0.000826. The van der Waals surface area contributed by atoms with Crippen molar-refractivity contribution in [2.75, 3.05) is 7.05 Å². The molecular formula is C17H17N5O2S. The highest BCUT2D eigenvalue weighted by Gasteiger charge is 2.22. The lowest BCUT2D eigenvalue weighted by atomic mass is 10.1. The number of amides is 1. The minimum Gasteiger partial charge on any atom is -0.335 e. The molecule has 1 amide bonds. The average molecular weight is 355 g/mol. The van der Waals surface area contributed by atoms with E-state index in [9.17, 15) is 9.59 Å². The number of rotatable bonds is 4. The third kappa shape index (κ3) is 3.48. The summed E-state index contributed by atoms with van der Waals surface area (Å²) >= 11 is 1.47. The van der Waals surface area contributed by atoms with Gasteiger partial charge in [0.05, 0.1) is 11.0 Å². The molecule has 0 aliphatic rings. The van der Waals surface area contributed by atoms with Crippen LogP contribution in [0.2, 0.25) is 0 Å². The fourth-order valence-electron chi connectivity index (χ4n) is 2.38. The van der Waals surface area contributed by atoms with Crippen molar-refractivity contribution < 1.29 is 4.79 Å². The average Bonchev–Trinajstić information content (AvgIpc) is 3.07. The van der Waals surface area contributed by atoms with Gasteiger partial charge in [0.2, 0.25) is 0 Å². The monoisotopic (exact) mass is 355 g/mol. The minimum atomic E-state index is -0.477. The van der Waals surface area contributed by atoms with Crippen LogP contribution < -0.4 is 5.56 Å². The predicted molar refractivity (Wildman–Crippen MR) is 95.4 cm³/mol. The number of aryl methyl sites for hydroxylation is 1. The number of thiazole rings is 1. The standard InChI is InChI=1S/C17H17N5O2S/c1-10(12-4-6-18-7-5-12)22(3)17(24)13-8-19-15(21-16(13)23)14-9-25-11(2)20-14/h4-10H,1-3H3,(H,19,21,23)/t10-/m0/s1. The third-order valence-electron chi connectivity index (χ3n) is 3.98. The molecule has 1 N–H and O–H groups in total. The van der Waals surface area contributed by atoms with Crippen LogP contribution in [0.5, 0.6) is 0 Å². The van der Waals surface area contributed by atoms with Crippen LogP contribution in [0.1, 0.15) is 33.9 Å². The van der Waals surface area contributed by atoms with Crippen molar-refractivity contribution in [3.63, 3.8) is 0 Å². The zero-order valence-corrected chi connectivity index (χ0v) is 14.9. The van der Waals surface area contributed by atoms with E-state index in [1.54, 1.807) is 19.4 Å². The first-order valence-electron chi connectivity index (χ1n) is 7.66. The Bertz CT molecular complexity index is 951. The van der Waals surface area contributed by atoms with E-state index in [-0.39, 0.29) is 17.5 Å². The highest BCUT2D eigenvalue weighted by atomic mass is 32.1. The van der Waals surface area contributed by atoms with Gasteiger partial charge in [0.15, 0.2) is 5.82 Å². The molecule has 8 heteroatoms. The Kier molecular flexibility index (Phi) is 4.71. The van der Waals surface area contributed by atoms with Crippen LogP contribution in [-0.2, 0) is 0 Å². The number of nitrogens with zero attached hydrogens (tertiary/aromatic N) is 4. The second-order valence-electron chi connectivity index (χ2n) is 5.60. The number of aromatic amines is 1. The number of nitrogens with one attached hydrogen (secondary N) is 1. The van der Waals surface area contributed by atoms with Crippen LogP contribution in [0.15, 0.2) is 40.9 Å². The summed E-state index contributed by atoms with van der Waals surface area (Å²) < 4.78 is 0. The van der Waals surface area contributed by atoms with Crippen molar-refractivity contribution >= 4 is 17.2 Å². The predicted octanol–water partition coefficient (Wildman–Crippen LogP) is 2.43. The molecule has 0 unspecified atom stereocenters. The Hall–Kier alpha value is -2.87. The van der Waals surface area contributed by atoms with Gasteiger partial charge < -0.3 is 9.88 Å². The summed E-state index contributed by atoms with van der Waals surface area (Å²) in [4.78, 5) is 41.6. The Morgan fingerprint density at radius 1 is 1.32 bits per heavy atom. The summed E-state index contributed by atoms with van der Waals surface area (Å²) in [5, 5.41) is 2.69. The molecule has 3 heterocycles. The molecule has 0 aromatic carbocycles. The van der Waals surface area contributed by atoms with Crippen molar-refractivity contribution in [2.45, 2.75) is 19.9 Å². The number of H-pyrrole nitrogens is 1. The second-order valence-corrected chi connectivity index (χ2v) is 6.66. The Balaban J connectivity index is 1.86. The Morgan fingerprint density at radius 3 is 2.64 bits per heavy atom. The van der Waals surface area contributed by atoms with E-state index in [0.717, 1.165) is 10.6 Å². The van der Waals surface area contributed by atoms with E-state index in [0.29, 0.717) is 11.5 Å². The van der Waals surface area contributed by atoms with E-state index < -0.39 is 5.56 Å². The number of hydrogen-bond acceptors (Lipinski definition) is 6. The number of carbonyl (C=O) groups is 1. The van der Waals surface area contributed by atoms with Gasteiger partial charge in [-0.1, -0.05) is 0 Å². The molecule has 7 nitrogen and oxygen atoms in total. The molecule has 0 spiro atoms. The molecule has 0 aliphatic carbocycles. The normalized spacial score (nSPS) is 12.0. The molecule has 0 saturated heterocycles. The fraction of sp³-hybridized carbons (Fsp3) is 0.235. The lowest BCUT2D eigenvalue weighted by Gasteiger charge is -2.24. The summed E-state index contributed by atoms with van der Waals surface area (Å²) in [6, 6.07) is 3.48. The number of hydrogen-bond donors (Lipinski definition) is 1.